The van der Waals surface area contributed by atoms with Crippen LogP contribution < -0.4 is 10.4 Å². The average molecular weight is 727 g/mol. The maximum Gasteiger partial charge on any atom is 0.123 e. The predicted molar refractivity (Wildman–Crippen MR) is 239 cm³/mol. The SMILES string of the molecule is Fc1ccc(-c2cc(-c3ccc(-c4ccc5c6c7c(ccc46)=CC=CC7CC=5)cc3)cc(-c3ccc(-c4ccc5ccc6cccc7ccc4c5c67)cc3)c2)cc1. The van der Waals surface area contributed by atoms with Crippen LogP contribution in [0.5, 0.6) is 0 Å². The molecule has 2 aliphatic carbocycles. The van der Waals surface area contributed by atoms with Crippen LogP contribution in [0.15, 0.2) is 182 Å². The fraction of sp³-hybridized carbons (Fsp3) is 0.0357. The van der Waals surface area contributed by atoms with E-state index in [0.717, 1.165) is 39.8 Å². The van der Waals surface area contributed by atoms with Crippen molar-refractivity contribution < 1.29 is 4.39 Å². The number of allylic oxidation sites excluding steroid dienone is 2. The Morgan fingerprint density at radius 3 is 1.54 bits per heavy atom. The first kappa shape index (κ1) is 32.2. The Bertz CT molecular complexity index is 3390. The van der Waals surface area contributed by atoms with Crippen LogP contribution in [0.3, 0.4) is 0 Å². The highest BCUT2D eigenvalue weighted by Gasteiger charge is 2.20. The zero-order valence-corrected chi connectivity index (χ0v) is 31.1. The topological polar surface area (TPSA) is 0 Å². The van der Waals surface area contributed by atoms with Crippen LogP contribution in [0.2, 0.25) is 0 Å². The minimum absolute atomic E-state index is 0.233. The van der Waals surface area contributed by atoms with E-state index in [2.05, 4.69) is 170 Å². The summed E-state index contributed by atoms with van der Waals surface area (Å²) in [6, 6.07) is 60.8. The number of halogens is 1. The van der Waals surface area contributed by atoms with Gasteiger partial charge in [0.05, 0.1) is 0 Å². The summed E-state index contributed by atoms with van der Waals surface area (Å²) in [5, 5.41) is 13.2. The Balaban J connectivity index is 0.942. The lowest BCUT2D eigenvalue weighted by Crippen LogP contribution is -2.22. The summed E-state index contributed by atoms with van der Waals surface area (Å²) in [5.41, 5.74) is 12.9. The van der Waals surface area contributed by atoms with Crippen LogP contribution in [0.4, 0.5) is 4.39 Å². The number of hydrogen-bond donors (Lipinski definition) is 0. The van der Waals surface area contributed by atoms with E-state index < -0.39 is 0 Å². The molecule has 2 aliphatic rings. The molecule has 0 aliphatic heterocycles. The molecule has 0 radical (unpaired) electrons. The Morgan fingerprint density at radius 1 is 0.404 bits per heavy atom. The van der Waals surface area contributed by atoms with E-state index in [1.807, 2.05) is 12.1 Å². The average Bonchev–Trinajstić information content (AvgIpc) is 3.27. The highest BCUT2D eigenvalue weighted by atomic mass is 19.1. The molecule has 0 nitrogen and oxygen atoms in total. The van der Waals surface area contributed by atoms with E-state index in [4.69, 9.17) is 0 Å². The summed E-state index contributed by atoms with van der Waals surface area (Å²) < 4.78 is 14.1. The lowest BCUT2D eigenvalue weighted by atomic mass is 9.81. The molecule has 0 spiro atoms. The van der Waals surface area contributed by atoms with Gasteiger partial charge in [-0.15, -0.1) is 0 Å². The highest BCUT2D eigenvalue weighted by Crippen LogP contribution is 2.41. The van der Waals surface area contributed by atoms with E-state index in [0.29, 0.717) is 5.92 Å². The third-order valence-electron chi connectivity index (χ3n) is 12.6. The smallest absolute Gasteiger partial charge is 0.123 e. The first-order valence-corrected chi connectivity index (χ1v) is 19.9. The molecule has 0 amide bonds. The van der Waals surface area contributed by atoms with Crippen LogP contribution in [0.1, 0.15) is 17.9 Å². The van der Waals surface area contributed by atoms with Crippen molar-refractivity contribution in [3.8, 4) is 55.6 Å². The maximum atomic E-state index is 14.1. The van der Waals surface area contributed by atoms with Crippen molar-refractivity contribution in [1.82, 2.24) is 0 Å². The van der Waals surface area contributed by atoms with Gasteiger partial charge in [-0.25, -0.2) is 4.39 Å². The van der Waals surface area contributed by atoms with Crippen LogP contribution in [0.25, 0.3) is 111 Å². The molecule has 10 aromatic rings. The number of hydrogen-bond acceptors (Lipinski definition) is 0. The number of benzene rings is 10. The summed E-state index contributed by atoms with van der Waals surface area (Å²) in [4.78, 5) is 0. The van der Waals surface area contributed by atoms with E-state index in [9.17, 15) is 4.39 Å². The number of rotatable bonds is 5. The first-order chi connectivity index (χ1) is 28.1. The van der Waals surface area contributed by atoms with Gasteiger partial charge in [-0.3, -0.25) is 0 Å². The molecular formula is C56H35F. The molecule has 0 heterocycles. The van der Waals surface area contributed by atoms with Crippen molar-refractivity contribution in [1.29, 1.82) is 0 Å². The summed E-state index contributed by atoms with van der Waals surface area (Å²) >= 11 is 0. The third-order valence-corrected chi connectivity index (χ3v) is 12.6. The summed E-state index contributed by atoms with van der Waals surface area (Å²) in [6.07, 6.45) is 10.3. The monoisotopic (exact) mass is 726 g/mol. The summed E-state index contributed by atoms with van der Waals surface area (Å²) in [7, 11) is 0. The second-order valence-electron chi connectivity index (χ2n) is 15.7. The molecule has 0 bridgehead atoms. The van der Waals surface area contributed by atoms with Crippen molar-refractivity contribution >= 4 is 55.2 Å². The molecule has 10 aromatic carbocycles. The van der Waals surface area contributed by atoms with Crippen molar-refractivity contribution in [3.05, 3.63) is 204 Å². The molecule has 266 valence electrons. The van der Waals surface area contributed by atoms with Gasteiger partial charge in [0.1, 0.15) is 5.82 Å². The minimum Gasteiger partial charge on any atom is -0.207 e. The fourth-order valence-electron chi connectivity index (χ4n) is 9.77. The zero-order valence-electron chi connectivity index (χ0n) is 31.1. The predicted octanol–water partition coefficient (Wildman–Crippen LogP) is 13.8. The van der Waals surface area contributed by atoms with Gasteiger partial charge in [-0.05, 0) is 151 Å². The van der Waals surface area contributed by atoms with Crippen molar-refractivity contribution in [2.45, 2.75) is 12.3 Å². The van der Waals surface area contributed by atoms with Gasteiger partial charge in [0.25, 0.3) is 0 Å². The molecule has 0 saturated carbocycles. The Kier molecular flexibility index (Phi) is 7.04. The quantitative estimate of drug-likeness (QED) is 0.155. The van der Waals surface area contributed by atoms with E-state index in [1.165, 1.54) is 81.3 Å². The standard InChI is InChI=1S/C56H35F/c57-48-25-19-36(20-26-48)47-32-45(34-7-11-37(12-8-34)49-27-21-43-17-15-39-3-1-5-41-23-29-51(49)55(43)53(39)41)31-46(33-47)35-9-13-38(14-10-35)50-28-22-44-18-16-40-4-2-6-42-24-30-52(50)56(44)54(40)42/h1-15,17-33,40H,16H2. The second-order valence-corrected chi connectivity index (χ2v) is 15.7. The Morgan fingerprint density at radius 2 is 0.895 bits per heavy atom. The van der Waals surface area contributed by atoms with Crippen molar-refractivity contribution in [3.63, 3.8) is 0 Å². The molecule has 1 unspecified atom stereocenters. The van der Waals surface area contributed by atoms with Crippen molar-refractivity contribution in [2.24, 2.45) is 0 Å². The van der Waals surface area contributed by atoms with Crippen LogP contribution >= 0.6 is 0 Å². The van der Waals surface area contributed by atoms with Gasteiger partial charge in [0, 0.05) is 5.92 Å². The molecule has 0 fully saturated rings. The Labute approximate surface area is 330 Å². The molecule has 0 saturated heterocycles. The van der Waals surface area contributed by atoms with Gasteiger partial charge in [-0.2, -0.15) is 0 Å². The molecule has 57 heavy (non-hydrogen) atoms. The minimum atomic E-state index is -0.233. The second kappa shape index (κ2) is 12.5. The molecule has 12 rings (SSSR count). The van der Waals surface area contributed by atoms with E-state index in [1.54, 1.807) is 12.1 Å². The van der Waals surface area contributed by atoms with Gasteiger partial charge in [0.2, 0.25) is 0 Å². The van der Waals surface area contributed by atoms with Crippen molar-refractivity contribution in [2.75, 3.05) is 0 Å². The van der Waals surface area contributed by atoms with Gasteiger partial charge in [0.15, 0.2) is 0 Å². The summed E-state index contributed by atoms with van der Waals surface area (Å²) in [5.74, 6) is 0.216. The Hall–Kier alpha value is -7.09. The molecule has 0 aromatic heterocycles. The van der Waals surface area contributed by atoms with Crippen LogP contribution in [-0.2, 0) is 0 Å². The molecular weight excluding hydrogens is 692 g/mol. The first-order valence-electron chi connectivity index (χ1n) is 19.9. The molecule has 1 atom stereocenters. The van der Waals surface area contributed by atoms with E-state index >= 15 is 0 Å². The zero-order chi connectivity index (χ0) is 37.6. The van der Waals surface area contributed by atoms with Gasteiger partial charge in [-0.1, -0.05) is 164 Å². The lowest BCUT2D eigenvalue weighted by Gasteiger charge is -2.23. The van der Waals surface area contributed by atoms with Gasteiger partial charge < -0.3 is 0 Å². The maximum absolute atomic E-state index is 14.1. The lowest BCUT2D eigenvalue weighted by molar-refractivity contribution is 0.628. The van der Waals surface area contributed by atoms with E-state index in [-0.39, 0.29) is 5.82 Å². The largest absolute Gasteiger partial charge is 0.207 e. The van der Waals surface area contributed by atoms with Gasteiger partial charge >= 0.3 is 0 Å². The normalized spacial score (nSPS) is 14.4. The highest BCUT2D eigenvalue weighted by molar-refractivity contribution is 6.25. The van der Waals surface area contributed by atoms with Crippen LogP contribution in [-0.4, -0.2) is 0 Å². The molecule has 0 N–H and O–H groups in total. The third kappa shape index (κ3) is 5.13. The summed E-state index contributed by atoms with van der Waals surface area (Å²) in [6.45, 7) is 0. The van der Waals surface area contributed by atoms with Crippen LogP contribution in [0, 0.1) is 5.82 Å². The fourth-order valence-corrected chi connectivity index (χ4v) is 9.77. The molecule has 1 heteroatoms.